The first kappa shape index (κ1) is 11.4. The van der Waals surface area contributed by atoms with Gasteiger partial charge in [-0.1, -0.05) is 11.6 Å². The van der Waals surface area contributed by atoms with Crippen molar-refractivity contribution in [2.45, 2.75) is 25.3 Å². The maximum atomic E-state index is 5.81. The first-order chi connectivity index (χ1) is 8.84. The number of nitrogens with zero attached hydrogens (tertiary/aromatic N) is 5. The van der Waals surface area contributed by atoms with Crippen LogP contribution in [0.15, 0.2) is 18.7 Å². The minimum absolute atomic E-state index is 0.169. The van der Waals surface area contributed by atoms with Crippen LogP contribution in [0, 0.1) is 0 Å². The third-order valence-electron chi connectivity index (χ3n) is 3.12. The SMILES string of the molecule is Clc1cnc(N2CCCC[C@@H]2c2ncn[nH]2)nc1. The average molecular weight is 265 g/mol. The van der Waals surface area contributed by atoms with Gasteiger partial charge in [0.1, 0.15) is 12.2 Å². The largest absolute Gasteiger partial charge is 0.331 e. The van der Waals surface area contributed by atoms with Crippen LogP contribution in [0.1, 0.15) is 31.1 Å². The number of hydrogen-bond acceptors (Lipinski definition) is 5. The number of H-pyrrole nitrogens is 1. The van der Waals surface area contributed by atoms with Crippen molar-refractivity contribution in [2.75, 3.05) is 11.4 Å². The fraction of sp³-hybridized carbons (Fsp3) is 0.455. The average Bonchev–Trinajstić information content (AvgIpc) is 2.93. The smallest absolute Gasteiger partial charge is 0.225 e. The van der Waals surface area contributed by atoms with Gasteiger partial charge in [-0.15, -0.1) is 0 Å². The highest BCUT2D eigenvalue weighted by molar-refractivity contribution is 6.30. The fourth-order valence-corrected chi connectivity index (χ4v) is 2.38. The van der Waals surface area contributed by atoms with Gasteiger partial charge in [-0.05, 0) is 19.3 Å². The van der Waals surface area contributed by atoms with Gasteiger partial charge < -0.3 is 4.90 Å². The van der Waals surface area contributed by atoms with E-state index in [0.717, 1.165) is 25.2 Å². The molecule has 2 aromatic heterocycles. The predicted molar refractivity (Wildman–Crippen MR) is 67.4 cm³/mol. The number of nitrogens with one attached hydrogen (secondary N) is 1. The Labute approximate surface area is 109 Å². The summed E-state index contributed by atoms with van der Waals surface area (Å²) in [4.78, 5) is 15.0. The number of rotatable bonds is 2. The highest BCUT2D eigenvalue weighted by atomic mass is 35.5. The molecule has 0 radical (unpaired) electrons. The molecule has 7 heteroatoms. The molecule has 1 fully saturated rings. The van der Waals surface area contributed by atoms with E-state index < -0.39 is 0 Å². The van der Waals surface area contributed by atoms with Gasteiger partial charge in [0.25, 0.3) is 0 Å². The van der Waals surface area contributed by atoms with Crippen molar-refractivity contribution < 1.29 is 0 Å². The lowest BCUT2D eigenvalue weighted by Gasteiger charge is -2.34. The van der Waals surface area contributed by atoms with Crippen LogP contribution >= 0.6 is 11.6 Å². The highest BCUT2D eigenvalue weighted by Crippen LogP contribution is 2.31. The Morgan fingerprint density at radius 3 is 2.78 bits per heavy atom. The second-order valence-corrected chi connectivity index (χ2v) is 4.71. The van der Waals surface area contributed by atoms with Gasteiger partial charge in [0.2, 0.25) is 5.95 Å². The van der Waals surface area contributed by atoms with Crippen LogP contribution in [-0.4, -0.2) is 31.7 Å². The van der Waals surface area contributed by atoms with Gasteiger partial charge in [-0.2, -0.15) is 5.10 Å². The summed E-state index contributed by atoms with van der Waals surface area (Å²) in [6.07, 6.45) is 8.12. The van der Waals surface area contributed by atoms with E-state index in [1.807, 2.05) is 0 Å². The number of hydrogen-bond donors (Lipinski definition) is 1. The van der Waals surface area contributed by atoms with E-state index in [2.05, 4.69) is 30.0 Å². The molecule has 0 spiro atoms. The molecular weight excluding hydrogens is 252 g/mol. The standard InChI is InChI=1S/C11H13ClN6/c12-8-5-13-11(14-6-8)18-4-2-1-3-9(18)10-15-7-16-17-10/h5-7,9H,1-4H2,(H,15,16,17)/t9-/m1/s1. The Hall–Kier alpha value is -1.69. The Kier molecular flexibility index (Phi) is 3.10. The molecule has 2 aromatic rings. The summed E-state index contributed by atoms with van der Waals surface area (Å²) < 4.78 is 0. The molecule has 1 atom stereocenters. The van der Waals surface area contributed by atoms with Crippen molar-refractivity contribution in [3.63, 3.8) is 0 Å². The van der Waals surface area contributed by atoms with Gasteiger partial charge in [0, 0.05) is 6.54 Å². The molecule has 1 N–H and O–H groups in total. The van der Waals surface area contributed by atoms with E-state index in [9.17, 15) is 0 Å². The summed E-state index contributed by atoms with van der Waals surface area (Å²) in [5.74, 6) is 1.56. The van der Waals surface area contributed by atoms with Crippen molar-refractivity contribution in [2.24, 2.45) is 0 Å². The molecule has 0 unspecified atom stereocenters. The van der Waals surface area contributed by atoms with Crippen molar-refractivity contribution in [3.8, 4) is 0 Å². The van der Waals surface area contributed by atoms with Crippen LogP contribution in [0.2, 0.25) is 5.02 Å². The molecule has 3 heterocycles. The minimum atomic E-state index is 0.169. The molecule has 1 aliphatic rings. The summed E-state index contributed by atoms with van der Waals surface area (Å²) in [7, 11) is 0. The van der Waals surface area contributed by atoms with Crippen molar-refractivity contribution in [1.82, 2.24) is 25.1 Å². The zero-order valence-electron chi connectivity index (χ0n) is 9.75. The molecule has 1 aliphatic heterocycles. The summed E-state index contributed by atoms with van der Waals surface area (Å²) >= 11 is 5.81. The number of anilines is 1. The summed E-state index contributed by atoms with van der Waals surface area (Å²) in [5.41, 5.74) is 0. The van der Waals surface area contributed by atoms with Gasteiger partial charge in [0.05, 0.1) is 23.5 Å². The van der Waals surface area contributed by atoms with E-state index in [0.29, 0.717) is 11.0 Å². The lowest BCUT2D eigenvalue weighted by Crippen LogP contribution is -2.35. The molecule has 18 heavy (non-hydrogen) atoms. The fourth-order valence-electron chi connectivity index (χ4n) is 2.28. The topological polar surface area (TPSA) is 70.6 Å². The van der Waals surface area contributed by atoms with Crippen molar-refractivity contribution in [1.29, 1.82) is 0 Å². The van der Waals surface area contributed by atoms with E-state index in [4.69, 9.17) is 11.6 Å². The predicted octanol–water partition coefficient (Wildman–Crippen LogP) is 1.98. The molecule has 0 aliphatic carbocycles. The zero-order chi connectivity index (χ0) is 12.4. The van der Waals surface area contributed by atoms with Crippen LogP contribution < -0.4 is 4.90 Å². The maximum Gasteiger partial charge on any atom is 0.225 e. The number of halogens is 1. The van der Waals surface area contributed by atoms with Crippen LogP contribution in [0.5, 0.6) is 0 Å². The van der Waals surface area contributed by atoms with Gasteiger partial charge in [-0.25, -0.2) is 15.0 Å². The summed E-state index contributed by atoms with van der Waals surface area (Å²) in [5, 5.41) is 7.40. The van der Waals surface area contributed by atoms with E-state index in [1.165, 1.54) is 12.7 Å². The molecule has 94 valence electrons. The lowest BCUT2D eigenvalue weighted by atomic mass is 10.0. The van der Waals surface area contributed by atoms with Gasteiger partial charge >= 0.3 is 0 Å². The first-order valence-electron chi connectivity index (χ1n) is 5.94. The summed E-state index contributed by atoms with van der Waals surface area (Å²) in [6.45, 7) is 0.924. The third-order valence-corrected chi connectivity index (χ3v) is 3.31. The van der Waals surface area contributed by atoms with Crippen molar-refractivity contribution in [3.05, 3.63) is 29.6 Å². The normalized spacial score (nSPS) is 20.1. The lowest BCUT2D eigenvalue weighted by molar-refractivity contribution is 0.450. The molecular formula is C11H13ClN6. The third kappa shape index (κ3) is 2.15. The second kappa shape index (κ2) is 4.89. The van der Waals surface area contributed by atoms with Crippen LogP contribution in [0.4, 0.5) is 5.95 Å². The molecule has 0 aromatic carbocycles. The zero-order valence-corrected chi connectivity index (χ0v) is 10.5. The highest BCUT2D eigenvalue weighted by Gasteiger charge is 2.27. The Morgan fingerprint density at radius 1 is 1.22 bits per heavy atom. The van der Waals surface area contributed by atoms with Crippen LogP contribution in [0.25, 0.3) is 0 Å². The van der Waals surface area contributed by atoms with Gasteiger partial charge in [0.15, 0.2) is 0 Å². The monoisotopic (exact) mass is 264 g/mol. The van der Waals surface area contributed by atoms with Gasteiger partial charge in [-0.3, -0.25) is 5.10 Å². The van der Waals surface area contributed by atoms with E-state index in [1.54, 1.807) is 12.4 Å². The summed E-state index contributed by atoms with van der Waals surface area (Å²) in [6, 6.07) is 0.169. The maximum absolute atomic E-state index is 5.81. The number of piperidine rings is 1. The number of aromatic nitrogens is 5. The van der Waals surface area contributed by atoms with Crippen molar-refractivity contribution >= 4 is 17.5 Å². The second-order valence-electron chi connectivity index (χ2n) is 4.28. The molecule has 0 saturated carbocycles. The minimum Gasteiger partial charge on any atom is -0.331 e. The van der Waals surface area contributed by atoms with E-state index >= 15 is 0 Å². The first-order valence-corrected chi connectivity index (χ1v) is 6.32. The van der Waals surface area contributed by atoms with E-state index in [-0.39, 0.29) is 6.04 Å². The van der Waals surface area contributed by atoms with Crippen LogP contribution in [-0.2, 0) is 0 Å². The molecule has 6 nitrogen and oxygen atoms in total. The number of aromatic amines is 1. The van der Waals surface area contributed by atoms with Crippen LogP contribution in [0.3, 0.4) is 0 Å². The Morgan fingerprint density at radius 2 is 2.06 bits per heavy atom. The Bertz CT molecular complexity index is 497. The molecule has 0 bridgehead atoms. The molecule has 1 saturated heterocycles. The molecule has 0 amide bonds. The molecule has 3 rings (SSSR count). The quantitative estimate of drug-likeness (QED) is 0.898. The Balaban J connectivity index is 1.90.